The molecule has 1 aromatic heterocycles. The van der Waals surface area contributed by atoms with Gasteiger partial charge in [-0.3, -0.25) is 4.79 Å². The van der Waals surface area contributed by atoms with Crippen molar-refractivity contribution in [1.29, 1.82) is 0 Å². The van der Waals surface area contributed by atoms with Crippen LogP contribution in [0.15, 0.2) is 15.1 Å². The van der Waals surface area contributed by atoms with Crippen LogP contribution >= 0.6 is 31.9 Å². The molecule has 0 aliphatic carbocycles. The van der Waals surface area contributed by atoms with Gasteiger partial charge in [-0.1, -0.05) is 0 Å². The van der Waals surface area contributed by atoms with E-state index in [1.807, 2.05) is 0 Å². The zero-order valence-corrected chi connectivity index (χ0v) is 9.27. The van der Waals surface area contributed by atoms with Crippen LogP contribution in [0.4, 0.5) is 8.78 Å². The van der Waals surface area contributed by atoms with E-state index in [9.17, 15) is 13.6 Å². The number of nitrogens with zero attached hydrogens (tertiary/aromatic N) is 1. The molecule has 0 aromatic carbocycles. The lowest BCUT2D eigenvalue weighted by Gasteiger charge is -2.04. The number of halogens is 4. The molecule has 1 heterocycles. The van der Waals surface area contributed by atoms with Gasteiger partial charge in [0.2, 0.25) is 0 Å². The third-order valence-electron chi connectivity index (χ3n) is 1.33. The molecule has 6 heteroatoms. The zero-order valence-electron chi connectivity index (χ0n) is 6.10. The van der Waals surface area contributed by atoms with Gasteiger partial charge in [-0.25, -0.2) is 13.8 Å². The van der Waals surface area contributed by atoms with E-state index < -0.39 is 6.43 Å². The molecule has 0 atom stereocenters. The first-order valence-electron chi connectivity index (χ1n) is 3.15. The fourth-order valence-electron chi connectivity index (χ4n) is 0.773. The number of rotatable bonds is 2. The van der Waals surface area contributed by atoms with E-state index in [0.717, 1.165) is 0 Å². The Morgan fingerprint density at radius 3 is 2.54 bits per heavy atom. The molecule has 13 heavy (non-hydrogen) atoms. The quantitative estimate of drug-likeness (QED) is 0.619. The Bertz CT molecular complexity index is 344. The summed E-state index contributed by atoms with van der Waals surface area (Å²) in [5.74, 6) is 0. The van der Waals surface area contributed by atoms with Crippen LogP contribution < -0.4 is 0 Å². The van der Waals surface area contributed by atoms with E-state index >= 15 is 0 Å². The molecule has 0 fully saturated rings. The molecule has 0 amide bonds. The van der Waals surface area contributed by atoms with Crippen molar-refractivity contribution in [1.82, 2.24) is 4.98 Å². The first kappa shape index (κ1) is 10.7. The van der Waals surface area contributed by atoms with Gasteiger partial charge in [-0.15, -0.1) is 0 Å². The van der Waals surface area contributed by atoms with Crippen molar-refractivity contribution < 1.29 is 13.6 Å². The van der Waals surface area contributed by atoms with Crippen LogP contribution in [0.3, 0.4) is 0 Å². The second kappa shape index (κ2) is 4.23. The molecule has 0 N–H and O–H groups in total. The first-order chi connectivity index (χ1) is 6.06. The molecule has 0 spiro atoms. The molecule has 0 bridgehead atoms. The summed E-state index contributed by atoms with van der Waals surface area (Å²) in [6, 6.07) is 1.17. The number of carbonyl (C=O) groups is 1. The summed E-state index contributed by atoms with van der Waals surface area (Å²) in [6.07, 6.45) is -2.21. The van der Waals surface area contributed by atoms with Crippen LogP contribution in [-0.2, 0) is 0 Å². The highest BCUT2D eigenvalue weighted by atomic mass is 79.9. The molecular weight excluding hydrogens is 312 g/mol. The molecule has 70 valence electrons. The Kier molecular flexibility index (Phi) is 3.49. The second-order valence-corrected chi connectivity index (χ2v) is 3.76. The highest BCUT2D eigenvalue weighted by molar-refractivity contribution is 9.11. The minimum atomic E-state index is -2.63. The third kappa shape index (κ3) is 2.31. The van der Waals surface area contributed by atoms with Crippen LogP contribution in [0.2, 0.25) is 0 Å². The summed E-state index contributed by atoms with van der Waals surface area (Å²) >= 11 is 5.81. The minimum absolute atomic E-state index is 0.0373. The molecule has 1 rings (SSSR count). The summed E-state index contributed by atoms with van der Waals surface area (Å²) in [4.78, 5) is 14.1. The highest BCUT2D eigenvalue weighted by Gasteiger charge is 2.16. The van der Waals surface area contributed by atoms with Crippen LogP contribution in [0, 0.1) is 0 Å². The van der Waals surface area contributed by atoms with E-state index in [2.05, 4.69) is 36.8 Å². The summed E-state index contributed by atoms with van der Waals surface area (Å²) in [5.41, 5.74) is -0.284. The Hall–Kier alpha value is -0.360. The van der Waals surface area contributed by atoms with Crippen molar-refractivity contribution in [3.05, 3.63) is 26.4 Å². The number of carbonyl (C=O) groups excluding carboxylic acids is 1. The number of aldehydes is 1. The fraction of sp³-hybridized carbons (Fsp3) is 0.143. The van der Waals surface area contributed by atoms with Crippen molar-refractivity contribution >= 4 is 38.1 Å². The van der Waals surface area contributed by atoms with Gasteiger partial charge in [-0.2, -0.15) is 0 Å². The average molecular weight is 315 g/mol. The average Bonchev–Trinajstić information content (AvgIpc) is 2.08. The Labute approximate surface area is 89.6 Å². The van der Waals surface area contributed by atoms with Gasteiger partial charge in [0.05, 0.1) is 4.47 Å². The SMILES string of the molecule is O=Cc1nc(Br)cc(C(F)F)c1Br. The lowest BCUT2D eigenvalue weighted by molar-refractivity contribution is 0.111. The maximum absolute atomic E-state index is 12.3. The smallest absolute Gasteiger partial charge is 0.265 e. The van der Waals surface area contributed by atoms with E-state index in [4.69, 9.17) is 0 Å². The molecule has 0 unspecified atom stereocenters. The molecule has 0 radical (unpaired) electrons. The maximum Gasteiger partial charge on any atom is 0.265 e. The van der Waals surface area contributed by atoms with Crippen molar-refractivity contribution in [2.24, 2.45) is 0 Å². The number of aromatic nitrogens is 1. The number of alkyl halides is 2. The monoisotopic (exact) mass is 313 g/mol. The van der Waals surface area contributed by atoms with Gasteiger partial charge in [0.25, 0.3) is 6.43 Å². The van der Waals surface area contributed by atoms with E-state index in [0.29, 0.717) is 6.29 Å². The van der Waals surface area contributed by atoms with Crippen molar-refractivity contribution in [2.45, 2.75) is 6.43 Å². The van der Waals surface area contributed by atoms with Crippen molar-refractivity contribution in [3.8, 4) is 0 Å². The fourth-order valence-corrected chi connectivity index (χ4v) is 1.68. The standard InChI is InChI=1S/C7H3Br2F2NO/c8-5-1-3(7(10)11)6(9)4(2-13)12-5/h1-2,7H. The number of hydrogen-bond acceptors (Lipinski definition) is 2. The van der Waals surface area contributed by atoms with E-state index in [1.54, 1.807) is 0 Å². The molecular formula is C7H3Br2F2NO. The zero-order chi connectivity index (χ0) is 10.0. The predicted molar refractivity (Wildman–Crippen MR) is 50.0 cm³/mol. The maximum atomic E-state index is 12.3. The van der Waals surface area contributed by atoms with Gasteiger partial charge < -0.3 is 0 Å². The van der Waals surface area contributed by atoms with Gasteiger partial charge in [0, 0.05) is 5.56 Å². The molecule has 0 aliphatic rings. The molecule has 0 saturated carbocycles. The summed E-state index contributed by atoms with van der Waals surface area (Å²) in [6.45, 7) is 0. The lowest BCUT2D eigenvalue weighted by atomic mass is 10.2. The second-order valence-electron chi connectivity index (χ2n) is 2.15. The van der Waals surface area contributed by atoms with Gasteiger partial charge in [0.1, 0.15) is 10.3 Å². The molecule has 2 nitrogen and oxygen atoms in total. The van der Waals surface area contributed by atoms with Crippen LogP contribution in [0.25, 0.3) is 0 Å². The number of hydrogen-bond donors (Lipinski definition) is 0. The van der Waals surface area contributed by atoms with E-state index in [1.165, 1.54) is 6.07 Å². The van der Waals surface area contributed by atoms with Gasteiger partial charge in [0.15, 0.2) is 6.29 Å². The van der Waals surface area contributed by atoms with Crippen LogP contribution in [0.5, 0.6) is 0 Å². The lowest BCUT2D eigenvalue weighted by Crippen LogP contribution is -1.96. The van der Waals surface area contributed by atoms with Gasteiger partial charge >= 0.3 is 0 Å². The molecule has 0 aliphatic heterocycles. The number of pyridine rings is 1. The Morgan fingerprint density at radius 1 is 1.46 bits per heavy atom. The van der Waals surface area contributed by atoms with Gasteiger partial charge in [-0.05, 0) is 37.9 Å². The predicted octanol–water partition coefficient (Wildman–Crippen LogP) is 3.36. The largest absolute Gasteiger partial charge is 0.296 e. The topological polar surface area (TPSA) is 30.0 Å². The van der Waals surface area contributed by atoms with E-state index in [-0.39, 0.29) is 20.3 Å². The molecule has 0 saturated heterocycles. The molecule has 1 aromatic rings. The van der Waals surface area contributed by atoms with Crippen LogP contribution in [-0.4, -0.2) is 11.3 Å². The minimum Gasteiger partial charge on any atom is -0.296 e. The summed E-state index contributed by atoms with van der Waals surface area (Å²) in [7, 11) is 0. The normalized spacial score (nSPS) is 10.5. The van der Waals surface area contributed by atoms with Crippen molar-refractivity contribution in [2.75, 3.05) is 0 Å². The first-order valence-corrected chi connectivity index (χ1v) is 4.74. The highest BCUT2D eigenvalue weighted by Crippen LogP contribution is 2.30. The summed E-state index contributed by atoms with van der Waals surface area (Å²) in [5, 5.41) is 0. The third-order valence-corrected chi connectivity index (χ3v) is 2.60. The van der Waals surface area contributed by atoms with Crippen LogP contribution in [0.1, 0.15) is 22.5 Å². The Morgan fingerprint density at radius 2 is 2.08 bits per heavy atom. The Balaban J connectivity index is 3.35. The van der Waals surface area contributed by atoms with Crippen molar-refractivity contribution in [3.63, 3.8) is 0 Å². The summed E-state index contributed by atoms with van der Waals surface area (Å²) < 4.78 is 24.9.